The van der Waals surface area contributed by atoms with Crippen molar-refractivity contribution in [2.24, 2.45) is 5.92 Å². The fraction of sp³-hybridized carbons (Fsp3) is 0.462. The van der Waals surface area contributed by atoms with Crippen LogP contribution in [0.2, 0.25) is 0 Å². The third-order valence-electron chi connectivity index (χ3n) is 7.67. The average molecular weight is 530 g/mol. The van der Waals surface area contributed by atoms with E-state index in [4.69, 9.17) is 4.74 Å². The lowest BCUT2D eigenvalue weighted by Crippen LogP contribution is -2.70. The molecule has 0 bridgehead atoms. The first-order valence-electron chi connectivity index (χ1n) is 12.4. The number of methoxy groups -OCH3 is 1. The number of hydrogen-bond donors (Lipinski definition) is 0. The van der Waals surface area contributed by atoms with E-state index in [1.54, 1.807) is 10.9 Å². The van der Waals surface area contributed by atoms with Crippen molar-refractivity contribution in [3.05, 3.63) is 62.5 Å². The molecule has 0 atom stereocenters. The molecule has 1 aliphatic heterocycles. The van der Waals surface area contributed by atoms with E-state index in [1.807, 2.05) is 23.9 Å². The predicted molar refractivity (Wildman–Crippen MR) is 137 cm³/mol. The van der Waals surface area contributed by atoms with Crippen LogP contribution in [0.25, 0.3) is 10.6 Å². The summed E-state index contributed by atoms with van der Waals surface area (Å²) in [6.45, 7) is 4.69. The van der Waals surface area contributed by atoms with Gasteiger partial charge in [-0.2, -0.15) is 0 Å². The highest BCUT2D eigenvalue weighted by atomic mass is 32.1. The second kappa shape index (κ2) is 9.51. The molecule has 5 rings (SSSR count). The Morgan fingerprint density at radius 2 is 1.92 bits per heavy atom. The van der Waals surface area contributed by atoms with Crippen LogP contribution in [0.15, 0.2) is 29.2 Å². The van der Waals surface area contributed by atoms with E-state index in [0.717, 1.165) is 43.1 Å². The van der Waals surface area contributed by atoms with Gasteiger partial charge in [-0.15, -0.1) is 10.2 Å². The molecule has 2 aromatic heterocycles. The lowest BCUT2D eigenvalue weighted by Gasteiger charge is -2.56. The first-order chi connectivity index (χ1) is 17.7. The summed E-state index contributed by atoms with van der Waals surface area (Å²) in [7, 11) is 3.31. The Morgan fingerprint density at radius 3 is 2.57 bits per heavy atom. The van der Waals surface area contributed by atoms with Crippen LogP contribution >= 0.6 is 11.3 Å². The molecule has 8 nitrogen and oxygen atoms in total. The molecule has 0 N–H and O–H groups in total. The third kappa shape index (κ3) is 4.09. The lowest BCUT2D eigenvalue weighted by molar-refractivity contribution is 0.00861. The van der Waals surface area contributed by atoms with E-state index in [-0.39, 0.29) is 34.9 Å². The predicted octanol–water partition coefficient (Wildman–Crippen LogP) is 4.19. The minimum Gasteiger partial charge on any atom is -0.491 e. The summed E-state index contributed by atoms with van der Waals surface area (Å²) in [4.78, 5) is 29.1. The van der Waals surface area contributed by atoms with Crippen LogP contribution in [-0.2, 0) is 6.42 Å². The van der Waals surface area contributed by atoms with Crippen LogP contribution in [0, 0.1) is 17.6 Å². The average Bonchev–Trinajstić information content (AvgIpc) is 3.34. The monoisotopic (exact) mass is 529 g/mol. The maximum absolute atomic E-state index is 14.2. The first-order valence-corrected chi connectivity index (χ1v) is 13.2. The minimum absolute atomic E-state index is 0.0480. The molecule has 3 aromatic rings. The normalized spacial score (nSPS) is 21.5. The standard InChI is InChI=1S/C26H29F2N5O3S/c1-5-32-25(35)21-23(36-4)22(34)18(14-33(21)31(3)26(32)10-8-15(2)9-11-26)24-30-29-20(37-24)12-16-6-7-17(27)13-19(16)28/h6-7,13-15H,5,8-12H2,1-4H3/t15-,26+. The SMILES string of the molecule is CCN1C(=O)c2c(OC)c(=O)c(-c3nnc(Cc4ccc(F)cc4F)s3)cn2N(C)[C@]12CC[C@H](C)CC2. The van der Waals surface area contributed by atoms with Crippen LogP contribution < -0.4 is 15.2 Å². The fourth-order valence-electron chi connectivity index (χ4n) is 5.56. The van der Waals surface area contributed by atoms with Gasteiger partial charge in [-0.05, 0) is 50.2 Å². The van der Waals surface area contributed by atoms with Crippen LogP contribution in [0.3, 0.4) is 0 Å². The maximum atomic E-state index is 14.2. The highest BCUT2D eigenvalue weighted by Crippen LogP contribution is 2.42. The molecule has 1 fully saturated rings. The van der Waals surface area contributed by atoms with Crippen molar-refractivity contribution < 1.29 is 18.3 Å². The number of nitrogens with zero attached hydrogens (tertiary/aromatic N) is 5. The Kier molecular flexibility index (Phi) is 6.51. The Hall–Kier alpha value is -3.34. The molecular formula is C26H29F2N5O3S. The number of carbonyl (C=O) groups is 1. The Balaban J connectivity index is 1.59. The minimum atomic E-state index is -0.667. The second-order valence-electron chi connectivity index (χ2n) is 9.75. The number of rotatable bonds is 5. The summed E-state index contributed by atoms with van der Waals surface area (Å²) in [5.41, 5.74) is -0.261. The molecule has 0 radical (unpaired) electrons. The van der Waals surface area contributed by atoms with E-state index in [1.165, 1.54) is 19.2 Å². The number of aromatic nitrogens is 3. The van der Waals surface area contributed by atoms with Gasteiger partial charge in [-0.25, -0.2) is 8.78 Å². The smallest absolute Gasteiger partial charge is 0.278 e. The van der Waals surface area contributed by atoms with Crippen molar-refractivity contribution in [1.82, 2.24) is 19.8 Å². The number of halogens is 2. The van der Waals surface area contributed by atoms with E-state index in [9.17, 15) is 18.4 Å². The van der Waals surface area contributed by atoms with Gasteiger partial charge >= 0.3 is 0 Å². The van der Waals surface area contributed by atoms with E-state index in [0.29, 0.717) is 22.5 Å². The lowest BCUT2D eigenvalue weighted by atomic mass is 9.80. The van der Waals surface area contributed by atoms with Crippen molar-refractivity contribution in [2.45, 2.75) is 51.6 Å². The Morgan fingerprint density at radius 1 is 1.19 bits per heavy atom. The van der Waals surface area contributed by atoms with Gasteiger partial charge in [-0.1, -0.05) is 24.3 Å². The summed E-state index contributed by atoms with van der Waals surface area (Å²) >= 11 is 1.15. The number of carbonyl (C=O) groups excluding carboxylic acids is 1. The summed E-state index contributed by atoms with van der Waals surface area (Å²) in [6.07, 6.45) is 5.37. The summed E-state index contributed by atoms with van der Waals surface area (Å²) in [5, 5.41) is 11.2. The summed E-state index contributed by atoms with van der Waals surface area (Å²) < 4.78 is 34.7. The van der Waals surface area contributed by atoms with E-state index in [2.05, 4.69) is 17.1 Å². The van der Waals surface area contributed by atoms with Gasteiger partial charge in [0.05, 0.1) is 12.7 Å². The molecule has 196 valence electrons. The molecule has 0 unspecified atom stereocenters. The van der Waals surface area contributed by atoms with Crippen LogP contribution in [0.1, 0.15) is 60.6 Å². The molecule has 1 spiro atoms. The number of ether oxygens (including phenoxy) is 1. The molecule has 3 heterocycles. The topological polar surface area (TPSA) is 80.6 Å². The van der Waals surface area contributed by atoms with Crippen molar-refractivity contribution >= 4 is 17.2 Å². The van der Waals surface area contributed by atoms with Crippen molar-refractivity contribution in [1.29, 1.82) is 0 Å². The van der Waals surface area contributed by atoms with E-state index >= 15 is 0 Å². The molecule has 0 saturated heterocycles. The van der Waals surface area contributed by atoms with Gasteiger partial charge < -0.3 is 9.64 Å². The van der Waals surface area contributed by atoms with Gasteiger partial charge in [0.2, 0.25) is 5.43 Å². The number of benzene rings is 1. The van der Waals surface area contributed by atoms with E-state index < -0.39 is 22.7 Å². The van der Waals surface area contributed by atoms with Gasteiger partial charge in [0.1, 0.15) is 22.3 Å². The molecule has 11 heteroatoms. The largest absolute Gasteiger partial charge is 0.491 e. The van der Waals surface area contributed by atoms with Crippen LogP contribution in [0.5, 0.6) is 5.75 Å². The summed E-state index contributed by atoms with van der Waals surface area (Å²) in [5.74, 6) is -1.02. The molecule has 1 aliphatic carbocycles. The highest BCUT2D eigenvalue weighted by molar-refractivity contribution is 7.14. The molecule has 2 aliphatic rings. The zero-order chi connectivity index (χ0) is 26.5. The van der Waals surface area contributed by atoms with Crippen LogP contribution in [0.4, 0.5) is 8.78 Å². The fourth-order valence-corrected chi connectivity index (χ4v) is 6.43. The molecule has 1 aromatic carbocycles. The Labute approximate surface area is 217 Å². The van der Waals surface area contributed by atoms with Crippen molar-refractivity contribution in [2.75, 3.05) is 25.7 Å². The first kappa shape index (κ1) is 25.3. The Bertz CT molecular complexity index is 1410. The number of hydrogen-bond acceptors (Lipinski definition) is 7. The maximum Gasteiger partial charge on any atom is 0.278 e. The van der Waals surface area contributed by atoms with Crippen molar-refractivity contribution in [3.63, 3.8) is 0 Å². The molecule has 1 saturated carbocycles. The summed E-state index contributed by atoms with van der Waals surface area (Å²) in [6, 6.07) is 3.38. The molecular weight excluding hydrogens is 500 g/mol. The molecule has 37 heavy (non-hydrogen) atoms. The van der Waals surface area contributed by atoms with Gasteiger partial charge in [0, 0.05) is 32.3 Å². The number of amides is 1. The number of fused-ring (bicyclic) bond motifs is 1. The van der Waals surface area contributed by atoms with Gasteiger partial charge in [-0.3, -0.25) is 19.3 Å². The molecule has 1 amide bonds. The van der Waals surface area contributed by atoms with Crippen molar-refractivity contribution in [3.8, 4) is 16.3 Å². The number of pyridine rings is 1. The van der Waals surface area contributed by atoms with Crippen LogP contribution in [-0.4, -0.2) is 52.0 Å². The zero-order valence-electron chi connectivity index (χ0n) is 21.3. The second-order valence-corrected chi connectivity index (χ2v) is 10.8. The zero-order valence-corrected chi connectivity index (χ0v) is 22.1. The quantitative estimate of drug-likeness (QED) is 0.493. The highest BCUT2D eigenvalue weighted by Gasteiger charge is 2.50. The van der Waals surface area contributed by atoms with Gasteiger partial charge in [0.25, 0.3) is 5.91 Å². The third-order valence-corrected chi connectivity index (χ3v) is 8.63. The van der Waals surface area contributed by atoms with Gasteiger partial charge in [0.15, 0.2) is 16.5 Å².